The number of thioether (sulfide) groups is 1. The number of hydrogen-bond donors (Lipinski definition) is 1. The van der Waals surface area contributed by atoms with Crippen molar-refractivity contribution in [2.24, 2.45) is 0 Å². The highest BCUT2D eigenvalue weighted by atomic mass is 32.2. The number of hydrogen-bond acceptors (Lipinski definition) is 6. The molecule has 1 amide bonds. The van der Waals surface area contributed by atoms with E-state index in [2.05, 4.69) is 22.1 Å². The van der Waals surface area contributed by atoms with Gasteiger partial charge in [0.05, 0.1) is 12.9 Å². The van der Waals surface area contributed by atoms with Gasteiger partial charge in [-0.25, -0.2) is 0 Å². The summed E-state index contributed by atoms with van der Waals surface area (Å²) in [5, 5.41) is 12.1. The molecule has 0 aliphatic heterocycles. The van der Waals surface area contributed by atoms with Crippen molar-refractivity contribution in [3.8, 4) is 11.5 Å². The van der Waals surface area contributed by atoms with E-state index in [1.165, 1.54) is 17.3 Å². The predicted octanol–water partition coefficient (Wildman–Crippen LogP) is 4.71. The number of nitrogens with one attached hydrogen (secondary N) is 1. The first kappa shape index (κ1) is 23.4. The fourth-order valence-electron chi connectivity index (χ4n) is 3.03. The molecule has 0 saturated carbocycles. The van der Waals surface area contributed by atoms with Crippen LogP contribution in [-0.2, 0) is 17.9 Å². The van der Waals surface area contributed by atoms with E-state index in [1.807, 2.05) is 61.7 Å². The van der Waals surface area contributed by atoms with Crippen LogP contribution < -0.4 is 14.8 Å². The normalized spacial score (nSPS) is 10.6. The van der Waals surface area contributed by atoms with Crippen molar-refractivity contribution < 1.29 is 14.3 Å². The summed E-state index contributed by atoms with van der Waals surface area (Å²) in [5.41, 5.74) is 4.19. The van der Waals surface area contributed by atoms with Gasteiger partial charge in [-0.2, -0.15) is 0 Å². The van der Waals surface area contributed by atoms with Crippen LogP contribution in [0.1, 0.15) is 22.5 Å². The average molecular weight is 453 g/mol. The van der Waals surface area contributed by atoms with E-state index >= 15 is 0 Å². The smallest absolute Gasteiger partial charge is 0.234 e. The maximum absolute atomic E-state index is 12.4. The second-order valence-electron chi connectivity index (χ2n) is 7.38. The Balaban J connectivity index is 1.64. The monoisotopic (exact) mass is 452 g/mol. The number of nitrogens with zero attached hydrogens (tertiary/aromatic N) is 3. The maximum Gasteiger partial charge on any atom is 0.234 e. The third kappa shape index (κ3) is 5.91. The van der Waals surface area contributed by atoms with Crippen LogP contribution in [-0.4, -0.2) is 33.5 Å². The minimum absolute atomic E-state index is 0.103. The van der Waals surface area contributed by atoms with Gasteiger partial charge < -0.3 is 14.8 Å². The first-order valence-electron chi connectivity index (χ1n) is 10.2. The molecule has 0 aliphatic rings. The number of aromatic nitrogens is 3. The lowest BCUT2D eigenvalue weighted by atomic mass is 10.1. The number of allylic oxidation sites excluding steroid dienone is 1. The summed E-state index contributed by atoms with van der Waals surface area (Å²) in [5.74, 6) is 2.05. The number of carbonyl (C=O) groups is 1. The zero-order chi connectivity index (χ0) is 23.1. The molecule has 0 atom stereocenters. The highest BCUT2D eigenvalue weighted by Gasteiger charge is 2.15. The van der Waals surface area contributed by atoms with Crippen LogP contribution in [0, 0.1) is 20.8 Å². The van der Waals surface area contributed by atoms with Crippen molar-refractivity contribution in [1.82, 2.24) is 14.8 Å². The van der Waals surface area contributed by atoms with Crippen molar-refractivity contribution in [3.05, 3.63) is 71.6 Å². The topological polar surface area (TPSA) is 78.3 Å². The molecule has 0 spiro atoms. The SMILES string of the molecule is C=CCn1c(COc2ccc(C)cc2OC)nnc1SCC(=O)Nc1ccc(C)c(C)c1. The molecule has 1 N–H and O–H groups in total. The van der Waals surface area contributed by atoms with Crippen LogP contribution in [0.4, 0.5) is 5.69 Å². The summed E-state index contributed by atoms with van der Waals surface area (Å²) < 4.78 is 13.2. The van der Waals surface area contributed by atoms with Crippen LogP contribution in [0.2, 0.25) is 0 Å². The minimum Gasteiger partial charge on any atom is -0.493 e. The summed E-state index contributed by atoms with van der Waals surface area (Å²) in [7, 11) is 1.61. The standard InChI is InChI=1S/C24H28N4O3S/c1-6-11-28-22(14-31-20-10-7-16(2)12-21(20)30-5)26-27-24(28)32-15-23(29)25-19-9-8-17(3)18(4)13-19/h6-10,12-13H,1,11,14-15H2,2-5H3,(H,25,29). The van der Waals surface area contributed by atoms with Crippen LogP contribution in [0.25, 0.3) is 0 Å². The molecule has 0 saturated heterocycles. The van der Waals surface area contributed by atoms with Crippen molar-refractivity contribution in [2.75, 3.05) is 18.2 Å². The van der Waals surface area contributed by atoms with Gasteiger partial charge in [-0.15, -0.1) is 16.8 Å². The van der Waals surface area contributed by atoms with Gasteiger partial charge >= 0.3 is 0 Å². The van der Waals surface area contributed by atoms with E-state index < -0.39 is 0 Å². The van der Waals surface area contributed by atoms with Gasteiger partial charge in [-0.1, -0.05) is 30.0 Å². The molecule has 0 aliphatic carbocycles. The van der Waals surface area contributed by atoms with Gasteiger partial charge in [0, 0.05) is 12.2 Å². The van der Waals surface area contributed by atoms with Crippen LogP contribution in [0.5, 0.6) is 11.5 Å². The summed E-state index contributed by atoms with van der Waals surface area (Å²) in [4.78, 5) is 12.4. The zero-order valence-corrected chi connectivity index (χ0v) is 19.7. The molecule has 0 unspecified atom stereocenters. The Morgan fingerprint density at radius 2 is 1.94 bits per heavy atom. The highest BCUT2D eigenvalue weighted by molar-refractivity contribution is 7.99. The molecule has 0 fully saturated rings. The minimum atomic E-state index is -0.103. The number of ether oxygens (including phenoxy) is 2. The lowest BCUT2D eigenvalue weighted by Gasteiger charge is -2.12. The largest absolute Gasteiger partial charge is 0.493 e. The number of anilines is 1. The molecule has 3 aromatic rings. The van der Waals surface area contributed by atoms with E-state index in [0.29, 0.717) is 29.0 Å². The number of amides is 1. The molecule has 0 radical (unpaired) electrons. The molecular formula is C24H28N4O3S. The van der Waals surface area contributed by atoms with E-state index in [-0.39, 0.29) is 18.3 Å². The van der Waals surface area contributed by atoms with Crippen molar-refractivity contribution in [1.29, 1.82) is 0 Å². The first-order chi connectivity index (χ1) is 15.4. The highest BCUT2D eigenvalue weighted by Crippen LogP contribution is 2.29. The van der Waals surface area contributed by atoms with Gasteiger partial charge in [-0.05, 0) is 61.7 Å². The van der Waals surface area contributed by atoms with E-state index in [9.17, 15) is 4.79 Å². The predicted molar refractivity (Wildman–Crippen MR) is 128 cm³/mol. The van der Waals surface area contributed by atoms with Gasteiger partial charge in [0.15, 0.2) is 22.5 Å². The van der Waals surface area contributed by atoms with Crippen molar-refractivity contribution in [2.45, 2.75) is 39.1 Å². The number of carbonyl (C=O) groups excluding carboxylic acids is 1. The second kappa shape index (κ2) is 10.9. The Hall–Kier alpha value is -3.26. The second-order valence-corrected chi connectivity index (χ2v) is 8.32. The Bertz CT molecular complexity index is 1110. The lowest BCUT2D eigenvalue weighted by Crippen LogP contribution is -2.15. The molecule has 1 aromatic heterocycles. The first-order valence-corrected chi connectivity index (χ1v) is 11.2. The maximum atomic E-state index is 12.4. The van der Waals surface area contributed by atoms with E-state index in [0.717, 1.165) is 16.8 Å². The average Bonchev–Trinajstić information content (AvgIpc) is 3.15. The summed E-state index contributed by atoms with van der Waals surface area (Å²) >= 11 is 1.32. The molecular weight excluding hydrogens is 424 g/mol. The third-order valence-corrected chi connectivity index (χ3v) is 5.87. The van der Waals surface area contributed by atoms with Crippen LogP contribution in [0.3, 0.4) is 0 Å². The number of aryl methyl sites for hydroxylation is 3. The van der Waals surface area contributed by atoms with Crippen molar-refractivity contribution >= 4 is 23.4 Å². The fraction of sp³-hybridized carbons (Fsp3) is 0.292. The van der Waals surface area contributed by atoms with E-state index in [1.54, 1.807) is 13.2 Å². The third-order valence-electron chi connectivity index (χ3n) is 4.90. The Morgan fingerprint density at radius 1 is 1.12 bits per heavy atom. The van der Waals surface area contributed by atoms with Gasteiger partial charge in [0.1, 0.15) is 6.61 Å². The lowest BCUT2D eigenvalue weighted by molar-refractivity contribution is -0.113. The molecule has 1 heterocycles. The molecule has 7 nitrogen and oxygen atoms in total. The fourth-order valence-corrected chi connectivity index (χ4v) is 3.79. The molecule has 3 rings (SSSR count). The molecule has 168 valence electrons. The molecule has 8 heteroatoms. The summed E-state index contributed by atoms with van der Waals surface area (Å²) in [6, 6.07) is 11.6. The number of benzene rings is 2. The number of rotatable bonds is 10. The Labute approximate surface area is 192 Å². The Kier molecular flexibility index (Phi) is 7.94. The van der Waals surface area contributed by atoms with Gasteiger partial charge in [-0.3, -0.25) is 9.36 Å². The molecule has 0 bridgehead atoms. The summed E-state index contributed by atoms with van der Waals surface area (Å²) in [6.45, 7) is 10.6. The van der Waals surface area contributed by atoms with Gasteiger partial charge in [0.25, 0.3) is 0 Å². The summed E-state index contributed by atoms with van der Waals surface area (Å²) in [6.07, 6.45) is 1.76. The van der Waals surface area contributed by atoms with Crippen LogP contribution in [0.15, 0.2) is 54.2 Å². The van der Waals surface area contributed by atoms with Gasteiger partial charge in [0.2, 0.25) is 5.91 Å². The Morgan fingerprint density at radius 3 is 2.66 bits per heavy atom. The number of methoxy groups -OCH3 is 1. The van der Waals surface area contributed by atoms with Crippen molar-refractivity contribution in [3.63, 3.8) is 0 Å². The van der Waals surface area contributed by atoms with E-state index in [4.69, 9.17) is 9.47 Å². The van der Waals surface area contributed by atoms with Crippen LogP contribution >= 0.6 is 11.8 Å². The zero-order valence-electron chi connectivity index (χ0n) is 18.8. The quantitative estimate of drug-likeness (QED) is 0.355. The molecule has 32 heavy (non-hydrogen) atoms. The molecule has 2 aromatic carbocycles.